The molecule has 1 aromatic rings. The van der Waals surface area contributed by atoms with E-state index in [9.17, 15) is 9.59 Å². The van der Waals surface area contributed by atoms with Gasteiger partial charge in [-0.25, -0.2) is 0 Å². The van der Waals surface area contributed by atoms with Gasteiger partial charge in [0.25, 0.3) is 0 Å². The first-order valence-corrected chi connectivity index (χ1v) is 6.22. The number of rotatable bonds is 6. The van der Waals surface area contributed by atoms with Crippen LogP contribution in [0.1, 0.15) is 6.42 Å². The predicted molar refractivity (Wildman–Crippen MR) is 67.1 cm³/mol. The molecule has 1 amide bonds. The highest BCUT2D eigenvalue weighted by atomic mass is 32.2. The van der Waals surface area contributed by atoms with Crippen LogP contribution in [0.25, 0.3) is 0 Å². The number of aliphatic carboxylic acids is 1. The normalized spacial score (nSPS) is 9.94. The van der Waals surface area contributed by atoms with Gasteiger partial charge in [0.2, 0.25) is 5.91 Å². The fourth-order valence-corrected chi connectivity index (χ4v) is 2.12. The van der Waals surface area contributed by atoms with E-state index in [2.05, 4.69) is 0 Å². The van der Waals surface area contributed by atoms with Crippen molar-refractivity contribution in [1.29, 1.82) is 0 Å². The highest BCUT2D eigenvalue weighted by Crippen LogP contribution is 2.17. The van der Waals surface area contributed by atoms with E-state index in [0.717, 1.165) is 4.90 Å². The lowest BCUT2D eigenvalue weighted by Crippen LogP contribution is -2.32. The molecule has 0 aliphatic carbocycles. The van der Waals surface area contributed by atoms with Gasteiger partial charge in [-0.15, -0.1) is 11.8 Å². The summed E-state index contributed by atoms with van der Waals surface area (Å²) in [5.74, 6) is -0.473. The molecule has 0 aromatic heterocycles. The Labute approximate surface area is 105 Å². The maximum absolute atomic E-state index is 11.5. The van der Waals surface area contributed by atoms with E-state index in [1.54, 1.807) is 11.8 Å². The maximum atomic E-state index is 11.5. The quantitative estimate of drug-likeness (QED) is 0.784. The summed E-state index contributed by atoms with van der Waals surface area (Å²) in [5.41, 5.74) is 0. The van der Waals surface area contributed by atoms with Crippen molar-refractivity contribution in [3.05, 3.63) is 30.3 Å². The van der Waals surface area contributed by atoms with Gasteiger partial charge in [0, 0.05) is 24.1 Å². The van der Waals surface area contributed by atoms with Gasteiger partial charge in [-0.05, 0) is 12.1 Å². The Morgan fingerprint density at radius 1 is 1.29 bits per heavy atom. The Balaban J connectivity index is 2.27. The molecule has 0 aliphatic rings. The summed E-state index contributed by atoms with van der Waals surface area (Å²) in [5, 5.41) is 8.54. The minimum Gasteiger partial charge on any atom is -0.480 e. The summed E-state index contributed by atoms with van der Waals surface area (Å²) in [6.07, 6.45) is 0.351. The molecule has 0 radical (unpaired) electrons. The van der Waals surface area contributed by atoms with Crippen molar-refractivity contribution in [2.24, 2.45) is 0 Å². The molecule has 5 heteroatoms. The van der Waals surface area contributed by atoms with Gasteiger partial charge >= 0.3 is 5.97 Å². The number of hydrogen-bond acceptors (Lipinski definition) is 3. The van der Waals surface area contributed by atoms with Gasteiger partial charge in [0.15, 0.2) is 0 Å². The molecule has 1 aromatic carbocycles. The van der Waals surface area contributed by atoms with Crippen LogP contribution in [0.5, 0.6) is 0 Å². The fraction of sp³-hybridized carbons (Fsp3) is 0.333. The van der Waals surface area contributed by atoms with Gasteiger partial charge in [-0.2, -0.15) is 0 Å². The number of amides is 1. The summed E-state index contributed by atoms with van der Waals surface area (Å²) in [7, 11) is 1.50. The zero-order valence-electron chi connectivity index (χ0n) is 9.63. The Bertz CT molecular complexity index is 381. The molecular weight excluding hydrogens is 238 g/mol. The van der Waals surface area contributed by atoms with Gasteiger partial charge in [-0.3, -0.25) is 9.59 Å². The molecule has 0 atom stereocenters. The SMILES string of the molecule is CN(CC(=O)O)C(=O)CCSc1ccccc1. The molecule has 0 spiro atoms. The number of carboxylic acid groups (broad SMARTS) is 1. The number of carbonyl (C=O) groups excluding carboxylic acids is 1. The van der Waals surface area contributed by atoms with Crippen LogP contribution in [0.4, 0.5) is 0 Å². The summed E-state index contributed by atoms with van der Waals surface area (Å²) in [6, 6.07) is 9.80. The first-order chi connectivity index (χ1) is 8.09. The molecule has 0 bridgehead atoms. The van der Waals surface area contributed by atoms with Crippen molar-refractivity contribution in [3.63, 3.8) is 0 Å². The van der Waals surface area contributed by atoms with Crippen LogP contribution in [0, 0.1) is 0 Å². The number of benzene rings is 1. The zero-order chi connectivity index (χ0) is 12.7. The molecule has 17 heavy (non-hydrogen) atoms. The van der Waals surface area contributed by atoms with Gasteiger partial charge in [-0.1, -0.05) is 18.2 Å². The van der Waals surface area contributed by atoms with E-state index in [1.807, 2.05) is 30.3 Å². The highest BCUT2D eigenvalue weighted by molar-refractivity contribution is 7.99. The number of thioether (sulfide) groups is 1. The van der Waals surface area contributed by atoms with Crippen LogP contribution in [-0.2, 0) is 9.59 Å². The Morgan fingerprint density at radius 2 is 1.94 bits per heavy atom. The molecule has 1 N–H and O–H groups in total. The second-order valence-corrected chi connectivity index (χ2v) is 4.72. The average molecular weight is 253 g/mol. The number of hydrogen-bond donors (Lipinski definition) is 1. The topological polar surface area (TPSA) is 57.6 Å². The van der Waals surface area contributed by atoms with Crippen molar-refractivity contribution in [2.75, 3.05) is 19.3 Å². The molecule has 4 nitrogen and oxygen atoms in total. The van der Waals surface area contributed by atoms with Gasteiger partial charge in [0.1, 0.15) is 6.54 Å². The molecule has 0 fully saturated rings. The lowest BCUT2D eigenvalue weighted by Gasteiger charge is -2.13. The highest BCUT2D eigenvalue weighted by Gasteiger charge is 2.11. The average Bonchev–Trinajstić information content (AvgIpc) is 2.29. The maximum Gasteiger partial charge on any atom is 0.323 e. The molecule has 1 rings (SSSR count). The van der Waals surface area contributed by atoms with Crippen LogP contribution < -0.4 is 0 Å². The molecule has 0 heterocycles. The van der Waals surface area contributed by atoms with E-state index >= 15 is 0 Å². The molecular formula is C12H15NO3S. The summed E-state index contributed by atoms with van der Waals surface area (Å²) < 4.78 is 0. The van der Waals surface area contributed by atoms with Crippen LogP contribution in [-0.4, -0.2) is 41.2 Å². The van der Waals surface area contributed by atoms with Gasteiger partial charge < -0.3 is 10.0 Å². The van der Waals surface area contributed by atoms with Crippen molar-refractivity contribution in [2.45, 2.75) is 11.3 Å². The first-order valence-electron chi connectivity index (χ1n) is 5.23. The monoisotopic (exact) mass is 253 g/mol. The van der Waals surface area contributed by atoms with E-state index in [1.165, 1.54) is 11.9 Å². The van der Waals surface area contributed by atoms with Crippen LogP contribution >= 0.6 is 11.8 Å². The van der Waals surface area contributed by atoms with Crippen molar-refractivity contribution in [3.8, 4) is 0 Å². The lowest BCUT2D eigenvalue weighted by atomic mass is 10.4. The van der Waals surface area contributed by atoms with Crippen LogP contribution in [0.2, 0.25) is 0 Å². The number of nitrogens with zero attached hydrogens (tertiary/aromatic N) is 1. The second-order valence-electron chi connectivity index (χ2n) is 3.56. The standard InChI is InChI=1S/C12H15NO3S/c1-13(9-12(15)16)11(14)7-8-17-10-5-3-2-4-6-10/h2-6H,7-9H2,1H3,(H,15,16). The van der Waals surface area contributed by atoms with Crippen molar-refractivity contribution >= 4 is 23.6 Å². The van der Waals surface area contributed by atoms with E-state index in [4.69, 9.17) is 5.11 Å². The summed E-state index contributed by atoms with van der Waals surface area (Å²) in [4.78, 5) is 24.3. The molecule has 0 saturated carbocycles. The van der Waals surface area contributed by atoms with E-state index < -0.39 is 5.97 Å². The van der Waals surface area contributed by atoms with Gasteiger partial charge in [0.05, 0.1) is 0 Å². The third-order valence-electron chi connectivity index (χ3n) is 2.13. The summed E-state index contributed by atoms with van der Waals surface area (Å²) >= 11 is 1.59. The van der Waals surface area contributed by atoms with Crippen molar-refractivity contribution in [1.82, 2.24) is 4.90 Å². The second kappa shape index (κ2) is 6.96. The number of carbonyl (C=O) groups is 2. The minimum absolute atomic E-state index is 0.143. The largest absolute Gasteiger partial charge is 0.480 e. The summed E-state index contributed by atoms with van der Waals surface area (Å²) in [6.45, 7) is -0.241. The molecule has 0 unspecified atom stereocenters. The Kier molecular flexibility index (Phi) is 5.56. The minimum atomic E-state index is -0.989. The predicted octanol–water partition coefficient (Wildman–Crippen LogP) is 1.71. The Morgan fingerprint density at radius 3 is 2.53 bits per heavy atom. The molecule has 92 valence electrons. The first kappa shape index (κ1) is 13.6. The number of carboxylic acids is 1. The fourth-order valence-electron chi connectivity index (χ4n) is 1.25. The Hall–Kier alpha value is -1.49. The zero-order valence-corrected chi connectivity index (χ0v) is 10.4. The third-order valence-corrected chi connectivity index (χ3v) is 3.14. The third kappa shape index (κ3) is 5.40. The lowest BCUT2D eigenvalue weighted by molar-refractivity contribution is -0.143. The smallest absolute Gasteiger partial charge is 0.323 e. The molecule has 0 saturated heterocycles. The van der Waals surface area contributed by atoms with E-state index in [0.29, 0.717) is 12.2 Å². The van der Waals surface area contributed by atoms with Crippen LogP contribution in [0.15, 0.2) is 35.2 Å². The number of likely N-dealkylation sites (N-methyl/N-ethyl adjacent to an activating group) is 1. The van der Waals surface area contributed by atoms with Crippen LogP contribution in [0.3, 0.4) is 0 Å². The van der Waals surface area contributed by atoms with E-state index in [-0.39, 0.29) is 12.5 Å². The van der Waals surface area contributed by atoms with Crippen molar-refractivity contribution < 1.29 is 14.7 Å². The molecule has 0 aliphatic heterocycles.